The Hall–Kier alpha value is -0.160. The molecule has 0 radical (unpaired) electrons. The molecule has 0 spiro atoms. The van der Waals surface area contributed by atoms with Crippen LogP contribution in [0.25, 0.3) is 0 Å². The van der Waals surface area contributed by atoms with Crippen LogP contribution in [0.1, 0.15) is 26.7 Å². The van der Waals surface area contributed by atoms with Crippen LogP contribution in [0, 0.1) is 11.8 Å². The van der Waals surface area contributed by atoms with Crippen LogP contribution in [0.4, 0.5) is 0 Å². The van der Waals surface area contributed by atoms with E-state index in [-0.39, 0.29) is 6.10 Å². The molecule has 1 aliphatic rings. The number of ether oxygens (including phenoxy) is 1. The summed E-state index contributed by atoms with van der Waals surface area (Å²) in [6.07, 6.45) is 1.56. The van der Waals surface area contributed by atoms with Gasteiger partial charge >= 0.3 is 0 Å². The molecule has 1 rings (SSSR count). The van der Waals surface area contributed by atoms with Crippen molar-refractivity contribution in [2.24, 2.45) is 11.8 Å². The third kappa shape index (κ3) is 6.43. The molecule has 0 saturated heterocycles. The van der Waals surface area contributed by atoms with E-state index in [2.05, 4.69) is 19.2 Å². The minimum absolute atomic E-state index is 0.246. The van der Waals surface area contributed by atoms with Crippen molar-refractivity contribution in [2.45, 2.75) is 38.9 Å². The number of rotatable bonds is 9. The number of nitrogens with one attached hydrogen (secondary N) is 1. The fourth-order valence-corrected chi connectivity index (χ4v) is 1.54. The van der Waals surface area contributed by atoms with Crippen LogP contribution in [0.2, 0.25) is 0 Å². The average Bonchev–Trinajstić information content (AvgIpc) is 2.99. The maximum Gasteiger partial charge on any atom is 0.0897 e. The molecule has 2 atom stereocenters. The highest BCUT2D eigenvalue weighted by Gasteiger charge is 2.29. The standard InChI is InChI=1S/C12H25NO3/c1-9(2)7-16-8-11(14)5-13-6-12(15)10-3-4-10/h9-15H,3-8H2,1-2H3. The minimum Gasteiger partial charge on any atom is -0.392 e. The maximum absolute atomic E-state index is 9.58. The molecule has 0 aliphatic heterocycles. The van der Waals surface area contributed by atoms with Gasteiger partial charge in [-0.15, -0.1) is 0 Å². The summed E-state index contributed by atoms with van der Waals surface area (Å²) in [7, 11) is 0. The molecule has 96 valence electrons. The fourth-order valence-electron chi connectivity index (χ4n) is 1.54. The molecule has 0 aromatic carbocycles. The summed E-state index contributed by atoms with van der Waals surface area (Å²) in [6, 6.07) is 0. The molecule has 16 heavy (non-hydrogen) atoms. The van der Waals surface area contributed by atoms with Gasteiger partial charge in [0, 0.05) is 19.7 Å². The number of hydrogen-bond acceptors (Lipinski definition) is 4. The fraction of sp³-hybridized carbons (Fsp3) is 1.00. The van der Waals surface area contributed by atoms with Crippen LogP contribution in [-0.2, 0) is 4.74 Å². The van der Waals surface area contributed by atoms with E-state index >= 15 is 0 Å². The molecule has 4 heteroatoms. The van der Waals surface area contributed by atoms with E-state index in [0.717, 1.165) is 12.8 Å². The summed E-state index contributed by atoms with van der Waals surface area (Å²) < 4.78 is 5.32. The van der Waals surface area contributed by atoms with E-state index in [1.807, 2.05) is 0 Å². The number of aliphatic hydroxyl groups excluding tert-OH is 2. The Balaban J connectivity index is 1.90. The van der Waals surface area contributed by atoms with Gasteiger partial charge in [0.15, 0.2) is 0 Å². The molecule has 1 aliphatic carbocycles. The zero-order chi connectivity index (χ0) is 12.0. The number of aliphatic hydroxyl groups is 2. The maximum atomic E-state index is 9.58. The van der Waals surface area contributed by atoms with Crippen LogP contribution in [0.5, 0.6) is 0 Å². The van der Waals surface area contributed by atoms with Gasteiger partial charge in [-0.25, -0.2) is 0 Å². The zero-order valence-corrected chi connectivity index (χ0v) is 10.4. The van der Waals surface area contributed by atoms with E-state index < -0.39 is 6.10 Å². The lowest BCUT2D eigenvalue weighted by Gasteiger charge is -2.15. The van der Waals surface area contributed by atoms with Crippen LogP contribution < -0.4 is 5.32 Å². The average molecular weight is 231 g/mol. The van der Waals surface area contributed by atoms with E-state index in [1.165, 1.54) is 0 Å². The summed E-state index contributed by atoms with van der Waals surface area (Å²) in [5.41, 5.74) is 0. The summed E-state index contributed by atoms with van der Waals surface area (Å²) in [6.45, 7) is 6.27. The van der Waals surface area contributed by atoms with Crippen LogP contribution >= 0.6 is 0 Å². The van der Waals surface area contributed by atoms with Gasteiger partial charge in [0.25, 0.3) is 0 Å². The topological polar surface area (TPSA) is 61.7 Å². The third-order valence-electron chi connectivity index (χ3n) is 2.66. The Bertz CT molecular complexity index is 183. The molecule has 0 bridgehead atoms. The van der Waals surface area contributed by atoms with Crippen molar-refractivity contribution in [3.05, 3.63) is 0 Å². The van der Waals surface area contributed by atoms with Crippen LogP contribution in [0.3, 0.4) is 0 Å². The first-order valence-electron chi connectivity index (χ1n) is 6.24. The van der Waals surface area contributed by atoms with Gasteiger partial charge in [-0.3, -0.25) is 0 Å². The Kier molecular flexibility index (Phi) is 6.28. The Labute approximate surface area is 98.0 Å². The zero-order valence-electron chi connectivity index (χ0n) is 10.4. The molecule has 0 aromatic heterocycles. The van der Waals surface area contributed by atoms with E-state index in [0.29, 0.717) is 38.1 Å². The summed E-state index contributed by atoms with van der Waals surface area (Å²) in [4.78, 5) is 0. The van der Waals surface area contributed by atoms with Crippen molar-refractivity contribution < 1.29 is 14.9 Å². The quantitative estimate of drug-likeness (QED) is 0.537. The van der Waals surface area contributed by atoms with Crippen LogP contribution in [-0.4, -0.2) is 48.7 Å². The van der Waals surface area contributed by atoms with Crippen molar-refractivity contribution in [1.82, 2.24) is 5.32 Å². The molecule has 0 heterocycles. The molecule has 2 unspecified atom stereocenters. The molecule has 4 nitrogen and oxygen atoms in total. The first-order valence-corrected chi connectivity index (χ1v) is 6.24. The second-order valence-corrected chi connectivity index (χ2v) is 5.15. The second kappa shape index (κ2) is 7.22. The summed E-state index contributed by atoms with van der Waals surface area (Å²) in [5.74, 6) is 0.985. The van der Waals surface area contributed by atoms with Gasteiger partial charge in [0.05, 0.1) is 18.8 Å². The van der Waals surface area contributed by atoms with Gasteiger partial charge in [-0.2, -0.15) is 0 Å². The first-order chi connectivity index (χ1) is 7.59. The van der Waals surface area contributed by atoms with E-state index in [4.69, 9.17) is 4.74 Å². The van der Waals surface area contributed by atoms with Crippen molar-refractivity contribution in [2.75, 3.05) is 26.3 Å². The van der Waals surface area contributed by atoms with E-state index in [9.17, 15) is 10.2 Å². The Morgan fingerprint density at radius 3 is 2.44 bits per heavy atom. The van der Waals surface area contributed by atoms with Gasteiger partial charge < -0.3 is 20.3 Å². The highest BCUT2D eigenvalue weighted by Crippen LogP contribution is 2.32. The lowest BCUT2D eigenvalue weighted by molar-refractivity contribution is 0.0244. The molecular weight excluding hydrogens is 206 g/mol. The van der Waals surface area contributed by atoms with Gasteiger partial charge in [-0.05, 0) is 24.7 Å². The highest BCUT2D eigenvalue weighted by atomic mass is 16.5. The Morgan fingerprint density at radius 1 is 1.19 bits per heavy atom. The van der Waals surface area contributed by atoms with Crippen molar-refractivity contribution in [3.63, 3.8) is 0 Å². The first kappa shape index (κ1) is 13.9. The van der Waals surface area contributed by atoms with Gasteiger partial charge in [-0.1, -0.05) is 13.8 Å². The largest absolute Gasteiger partial charge is 0.392 e. The SMILES string of the molecule is CC(C)COCC(O)CNCC(O)C1CC1. The van der Waals surface area contributed by atoms with E-state index in [1.54, 1.807) is 0 Å². The molecule has 3 N–H and O–H groups in total. The van der Waals surface area contributed by atoms with Gasteiger partial charge in [0.2, 0.25) is 0 Å². The monoisotopic (exact) mass is 231 g/mol. The molecule has 1 fully saturated rings. The normalized spacial score (nSPS) is 20.1. The summed E-state index contributed by atoms with van der Waals surface area (Å²) in [5, 5.41) is 22.2. The lowest BCUT2D eigenvalue weighted by Crippen LogP contribution is -2.36. The third-order valence-corrected chi connectivity index (χ3v) is 2.66. The highest BCUT2D eigenvalue weighted by molar-refractivity contribution is 4.82. The predicted molar refractivity (Wildman–Crippen MR) is 63.3 cm³/mol. The number of hydrogen-bond donors (Lipinski definition) is 3. The summed E-state index contributed by atoms with van der Waals surface area (Å²) >= 11 is 0. The van der Waals surface area contributed by atoms with Crippen molar-refractivity contribution in [3.8, 4) is 0 Å². The van der Waals surface area contributed by atoms with Crippen molar-refractivity contribution >= 4 is 0 Å². The van der Waals surface area contributed by atoms with Crippen molar-refractivity contribution in [1.29, 1.82) is 0 Å². The van der Waals surface area contributed by atoms with Gasteiger partial charge in [0.1, 0.15) is 0 Å². The molecule has 0 aromatic rings. The lowest BCUT2D eigenvalue weighted by atomic mass is 10.2. The molecule has 1 saturated carbocycles. The Morgan fingerprint density at radius 2 is 1.88 bits per heavy atom. The predicted octanol–water partition coefficient (Wildman–Crippen LogP) is 0.380. The van der Waals surface area contributed by atoms with Crippen LogP contribution in [0.15, 0.2) is 0 Å². The molecular formula is C12H25NO3. The molecule has 0 amide bonds. The smallest absolute Gasteiger partial charge is 0.0897 e. The second-order valence-electron chi connectivity index (χ2n) is 5.15. The minimum atomic E-state index is -0.481.